The number of rotatable bonds is 6. The van der Waals surface area contributed by atoms with Crippen LogP contribution in [0.25, 0.3) is 0 Å². The molecule has 114 valence electrons. The summed E-state index contributed by atoms with van der Waals surface area (Å²) in [4.78, 5) is 11.7. The normalized spacial score (nSPS) is 15.7. The summed E-state index contributed by atoms with van der Waals surface area (Å²) in [6.07, 6.45) is 1.17. The van der Waals surface area contributed by atoms with Crippen LogP contribution in [0.4, 0.5) is 4.79 Å². The van der Waals surface area contributed by atoms with Crippen molar-refractivity contribution in [3.63, 3.8) is 0 Å². The van der Waals surface area contributed by atoms with Gasteiger partial charge in [0.1, 0.15) is 5.60 Å². The Kier molecular flexibility index (Phi) is 6.79. The molecule has 0 saturated carbocycles. The molecule has 0 aliphatic rings. The van der Waals surface area contributed by atoms with Crippen molar-refractivity contribution in [2.24, 2.45) is 0 Å². The minimum absolute atomic E-state index is 0.408. The molecule has 1 N–H and O–H groups in total. The standard InChI is InChI=1S/C12H25NO5S/c1-7-8-10(9(2)18-19(6,15)16)13-11(14)17-12(3,4)5/h9-10H,7-8H2,1-6H3,(H,13,14)/t9-,10-/m0/s1. The Labute approximate surface area is 116 Å². The third-order valence-electron chi connectivity index (χ3n) is 2.20. The highest BCUT2D eigenvalue weighted by Crippen LogP contribution is 2.11. The van der Waals surface area contributed by atoms with E-state index in [1.54, 1.807) is 27.7 Å². The molecule has 0 aromatic heterocycles. The average Bonchev–Trinajstić information content (AvgIpc) is 2.10. The molecule has 6 nitrogen and oxygen atoms in total. The van der Waals surface area contributed by atoms with Gasteiger partial charge in [-0.1, -0.05) is 13.3 Å². The van der Waals surface area contributed by atoms with Gasteiger partial charge >= 0.3 is 6.09 Å². The molecule has 0 spiro atoms. The van der Waals surface area contributed by atoms with E-state index in [0.717, 1.165) is 12.7 Å². The van der Waals surface area contributed by atoms with Crippen LogP contribution in [-0.4, -0.2) is 38.5 Å². The fourth-order valence-electron chi connectivity index (χ4n) is 1.54. The van der Waals surface area contributed by atoms with E-state index in [1.165, 1.54) is 0 Å². The van der Waals surface area contributed by atoms with Gasteiger partial charge in [0, 0.05) is 0 Å². The lowest BCUT2D eigenvalue weighted by Crippen LogP contribution is -2.45. The Hall–Kier alpha value is -0.820. The molecule has 0 radical (unpaired) electrons. The van der Waals surface area contributed by atoms with Crippen LogP contribution in [0.5, 0.6) is 0 Å². The molecule has 0 heterocycles. The lowest BCUT2D eigenvalue weighted by molar-refractivity contribution is 0.0451. The topological polar surface area (TPSA) is 81.7 Å². The minimum atomic E-state index is -3.55. The van der Waals surface area contributed by atoms with Gasteiger partial charge in [-0.25, -0.2) is 4.79 Å². The van der Waals surface area contributed by atoms with Gasteiger partial charge in [0.15, 0.2) is 0 Å². The number of ether oxygens (including phenoxy) is 1. The molecule has 2 atom stereocenters. The maximum Gasteiger partial charge on any atom is 0.407 e. The van der Waals surface area contributed by atoms with E-state index in [0.29, 0.717) is 6.42 Å². The van der Waals surface area contributed by atoms with Crippen LogP contribution in [0.2, 0.25) is 0 Å². The molecular formula is C12H25NO5S. The fraction of sp³-hybridized carbons (Fsp3) is 0.917. The highest BCUT2D eigenvalue weighted by molar-refractivity contribution is 7.86. The molecular weight excluding hydrogens is 270 g/mol. The molecule has 7 heteroatoms. The number of amides is 1. The van der Waals surface area contributed by atoms with Crippen molar-refractivity contribution in [1.29, 1.82) is 0 Å². The number of alkyl carbamates (subject to hydrolysis) is 1. The van der Waals surface area contributed by atoms with Gasteiger partial charge < -0.3 is 10.1 Å². The van der Waals surface area contributed by atoms with Gasteiger partial charge in [-0.3, -0.25) is 4.18 Å². The van der Waals surface area contributed by atoms with Crippen molar-refractivity contribution >= 4 is 16.2 Å². The highest BCUT2D eigenvalue weighted by Gasteiger charge is 2.25. The van der Waals surface area contributed by atoms with E-state index in [1.807, 2.05) is 6.92 Å². The Bertz CT molecular complexity index is 385. The predicted octanol–water partition coefficient (Wildman–Crippen LogP) is 2.04. The van der Waals surface area contributed by atoms with Crippen LogP contribution in [0.15, 0.2) is 0 Å². The van der Waals surface area contributed by atoms with Crippen LogP contribution < -0.4 is 5.32 Å². The molecule has 0 aliphatic heterocycles. The first-order valence-electron chi connectivity index (χ1n) is 6.32. The van der Waals surface area contributed by atoms with Crippen LogP contribution in [-0.2, 0) is 19.0 Å². The zero-order valence-electron chi connectivity index (χ0n) is 12.5. The summed E-state index contributed by atoms with van der Waals surface area (Å²) >= 11 is 0. The summed E-state index contributed by atoms with van der Waals surface area (Å²) in [7, 11) is -3.55. The molecule has 0 unspecified atom stereocenters. The quantitative estimate of drug-likeness (QED) is 0.758. The third kappa shape index (κ3) is 9.72. The molecule has 0 fully saturated rings. The summed E-state index contributed by atoms with van der Waals surface area (Å²) in [5.41, 5.74) is -0.595. The van der Waals surface area contributed by atoms with E-state index in [-0.39, 0.29) is 0 Å². The Morgan fingerprint density at radius 2 is 1.84 bits per heavy atom. The van der Waals surface area contributed by atoms with Gasteiger partial charge in [-0.05, 0) is 34.1 Å². The summed E-state index contributed by atoms with van der Waals surface area (Å²) in [5.74, 6) is 0. The summed E-state index contributed by atoms with van der Waals surface area (Å²) < 4.78 is 32.2. The second-order valence-corrected chi connectivity index (χ2v) is 7.15. The van der Waals surface area contributed by atoms with Crippen molar-refractivity contribution in [1.82, 2.24) is 5.32 Å². The maximum absolute atomic E-state index is 11.7. The zero-order valence-corrected chi connectivity index (χ0v) is 13.3. The summed E-state index contributed by atoms with van der Waals surface area (Å²) in [6.45, 7) is 8.84. The van der Waals surface area contributed by atoms with E-state index in [4.69, 9.17) is 8.92 Å². The Morgan fingerprint density at radius 3 is 2.21 bits per heavy atom. The first kappa shape index (κ1) is 18.2. The Morgan fingerprint density at radius 1 is 1.32 bits per heavy atom. The van der Waals surface area contributed by atoms with E-state index < -0.39 is 34.0 Å². The second kappa shape index (κ2) is 7.09. The van der Waals surface area contributed by atoms with Crippen LogP contribution >= 0.6 is 0 Å². The van der Waals surface area contributed by atoms with Crippen molar-refractivity contribution in [2.45, 2.75) is 65.2 Å². The summed E-state index contributed by atoms with van der Waals surface area (Å²) in [5, 5.41) is 2.65. The number of carbonyl (C=O) groups excluding carboxylic acids is 1. The predicted molar refractivity (Wildman–Crippen MR) is 73.5 cm³/mol. The second-order valence-electron chi connectivity index (χ2n) is 5.55. The number of hydrogen-bond donors (Lipinski definition) is 1. The summed E-state index contributed by atoms with van der Waals surface area (Å²) in [6, 6.07) is -0.408. The van der Waals surface area contributed by atoms with Crippen molar-refractivity contribution in [3.05, 3.63) is 0 Å². The molecule has 19 heavy (non-hydrogen) atoms. The van der Waals surface area contributed by atoms with E-state index >= 15 is 0 Å². The van der Waals surface area contributed by atoms with Gasteiger partial charge in [0.05, 0.1) is 18.4 Å². The minimum Gasteiger partial charge on any atom is -0.444 e. The monoisotopic (exact) mass is 295 g/mol. The Balaban J connectivity index is 4.60. The molecule has 0 aromatic rings. The van der Waals surface area contributed by atoms with Gasteiger partial charge in [0.2, 0.25) is 0 Å². The maximum atomic E-state index is 11.7. The van der Waals surface area contributed by atoms with Crippen LogP contribution in [0.1, 0.15) is 47.5 Å². The molecule has 0 saturated heterocycles. The highest BCUT2D eigenvalue weighted by atomic mass is 32.2. The molecule has 0 aromatic carbocycles. The molecule has 1 amide bonds. The van der Waals surface area contributed by atoms with Gasteiger partial charge in [0.25, 0.3) is 10.1 Å². The lowest BCUT2D eigenvalue weighted by atomic mass is 10.1. The smallest absolute Gasteiger partial charge is 0.407 e. The van der Waals surface area contributed by atoms with E-state index in [9.17, 15) is 13.2 Å². The van der Waals surface area contributed by atoms with E-state index in [2.05, 4.69) is 5.32 Å². The SMILES string of the molecule is CCC[C@H](NC(=O)OC(C)(C)C)[C@H](C)OS(C)(=O)=O. The largest absolute Gasteiger partial charge is 0.444 e. The number of nitrogens with one attached hydrogen (secondary N) is 1. The third-order valence-corrected chi connectivity index (χ3v) is 2.85. The molecule has 0 aliphatic carbocycles. The average molecular weight is 295 g/mol. The molecule has 0 rings (SSSR count). The van der Waals surface area contributed by atoms with Crippen molar-refractivity contribution in [2.75, 3.05) is 6.26 Å². The van der Waals surface area contributed by atoms with Crippen molar-refractivity contribution in [3.8, 4) is 0 Å². The lowest BCUT2D eigenvalue weighted by Gasteiger charge is -2.26. The first-order valence-corrected chi connectivity index (χ1v) is 8.14. The molecule has 0 bridgehead atoms. The number of carbonyl (C=O) groups is 1. The van der Waals surface area contributed by atoms with Gasteiger partial charge in [-0.2, -0.15) is 8.42 Å². The zero-order chi connectivity index (χ0) is 15.3. The van der Waals surface area contributed by atoms with Crippen LogP contribution in [0.3, 0.4) is 0 Å². The number of hydrogen-bond acceptors (Lipinski definition) is 5. The first-order chi connectivity index (χ1) is 8.44. The van der Waals surface area contributed by atoms with Gasteiger partial charge in [-0.15, -0.1) is 0 Å². The van der Waals surface area contributed by atoms with Crippen molar-refractivity contribution < 1.29 is 22.1 Å². The fourth-order valence-corrected chi connectivity index (χ4v) is 2.22. The van der Waals surface area contributed by atoms with Crippen LogP contribution in [0, 0.1) is 0 Å².